The SMILES string of the molecule is CNc1cc([C@H]2CCCN2C(=O)CC2CCCC2)nc(C)n1. The van der Waals surface area contributed by atoms with E-state index in [1.807, 2.05) is 20.0 Å². The zero-order chi connectivity index (χ0) is 15.5. The van der Waals surface area contributed by atoms with E-state index in [-0.39, 0.29) is 6.04 Å². The zero-order valence-electron chi connectivity index (χ0n) is 13.6. The first-order valence-corrected chi connectivity index (χ1v) is 8.50. The lowest BCUT2D eigenvalue weighted by atomic mass is 10.0. The summed E-state index contributed by atoms with van der Waals surface area (Å²) >= 11 is 0. The van der Waals surface area contributed by atoms with Gasteiger partial charge in [0.15, 0.2) is 0 Å². The topological polar surface area (TPSA) is 58.1 Å². The average Bonchev–Trinajstić information content (AvgIpc) is 3.17. The molecule has 0 spiro atoms. The third-order valence-corrected chi connectivity index (χ3v) is 4.97. The van der Waals surface area contributed by atoms with Gasteiger partial charge in [0.25, 0.3) is 0 Å². The minimum absolute atomic E-state index is 0.128. The number of aryl methyl sites for hydroxylation is 1. The molecule has 1 N–H and O–H groups in total. The highest BCUT2D eigenvalue weighted by Crippen LogP contribution is 2.34. The van der Waals surface area contributed by atoms with Gasteiger partial charge in [0.1, 0.15) is 11.6 Å². The molecule has 22 heavy (non-hydrogen) atoms. The molecule has 1 saturated heterocycles. The van der Waals surface area contributed by atoms with E-state index in [0.717, 1.165) is 43.1 Å². The summed E-state index contributed by atoms with van der Waals surface area (Å²) in [4.78, 5) is 23.7. The van der Waals surface area contributed by atoms with Gasteiger partial charge in [-0.05, 0) is 38.5 Å². The number of hydrogen-bond donors (Lipinski definition) is 1. The molecule has 0 unspecified atom stereocenters. The van der Waals surface area contributed by atoms with Crippen molar-refractivity contribution in [3.05, 3.63) is 17.6 Å². The Labute approximate surface area is 132 Å². The fourth-order valence-electron chi connectivity index (χ4n) is 3.84. The fourth-order valence-corrected chi connectivity index (χ4v) is 3.84. The molecule has 5 heteroatoms. The highest BCUT2D eigenvalue weighted by atomic mass is 16.2. The van der Waals surface area contributed by atoms with Crippen LogP contribution in [-0.2, 0) is 4.79 Å². The number of amides is 1. The van der Waals surface area contributed by atoms with E-state index in [9.17, 15) is 4.79 Å². The second-order valence-corrected chi connectivity index (χ2v) is 6.58. The van der Waals surface area contributed by atoms with Crippen LogP contribution in [0.4, 0.5) is 5.82 Å². The van der Waals surface area contributed by atoms with Crippen LogP contribution in [0.5, 0.6) is 0 Å². The molecule has 2 fully saturated rings. The zero-order valence-corrected chi connectivity index (χ0v) is 13.6. The second kappa shape index (κ2) is 6.63. The van der Waals surface area contributed by atoms with E-state index in [0.29, 0.717) is 11.8 Å². The Bertz CT molecular complexity index is 539. The first kappa shape index (κ1) is 15.3. The van der Waals surface area contributed by atoms with Gasteiger partial charge in [-0.25, -0.2) is 9.97 Å². The number of likely N-dealkylation sites (tertiary alicyclic amines) is 1. The highest BCUT2D eigenvalue weighted by Gasteiger charge is 2.32. The fraction of sp³-hybridized carbons (Fsp3) is 0.706. The molecule has 1 atom stereocenters. The summed E-state index contributed by atoms with van der Waals surface area (Å²) in [6, 6.07) is 2.11. The molecule has 2 heterocycles. The summed E-state index contributed by atoms with van der Waals surface area (Å²) in [6.45, 7) is 2.78. The Balaban J connectivity index is 1.74. The predicted octanol–water partition coefficient (Wildman–Crippen LogP) is 3.07. The number of nitrogens with one attached hydrogen (secondary N) is 1. The molecule has 1 aromatic rings. The van der Waals surface area contributed by atoms with Crippen LogP contribution in [-0.4, -0.2) is 34.4 Å². The summed E-state index contributed by atoms with van der Waals surface area (Å²) in [7, 11) is 1.86. The molecular weight excluding hydrogens is 276 g/mol. The molecular formula is C17H26N4O. The lowest BCUT2D eigenvalue weighted by Crippen LogP contribution is -2.32. The van der Waals surface area contributed by atoms with Gasteiger partial charge in [-0.2, -0.15) is 0 Å². The minimum atomic E-state index is 0.128. The Hall–Kier alpha value is -1.65. The summed E-state index contributed by atoms with van der Waals surface area (Å²) < 4.78 is 0. The Morgan fingerprint density at radius 2 is 2.05 bits per heavy atom. The van der Waals surface area contributed by atoms with Gasteiger partial charge in [0.2, 0.25) is 5.91 Å². The van der Waals surface area contributed by atoms with Crippen molar-refractivity contribution in [3.8, 4) is 0 Å². The molecule has 0 aromatic carbocycles. The molecule has 1 saturated carbocycles. The molecule has 2 aliphatic rings. The lowest BCUT2D eigenvalue weighted by molar-refractivity contribution is -0.133. The van der Waals surface area contributed by atoms with E-state index in [4.69, 9.17) is 0 Å². The van der Waals surface area contributed by atoms with Crippen molar-refractivity contribution >= 4 is 11.7 Å². The maximum Gasteiger partial charge on any atom is 0.223 e. The molecule has 3 rings (SSSR count). The van der Waals surface area contributed by atoms with Gasteiger partial charge in [-0.3, -0.25) is 4.79 Å². The maximum atomic E-state index is 12.7. The quantitative estimate of drug-likeness (QED) is 0.928. The van der Waals surface area contributed by atoms with Gasteiger partial charge < -0.3 is 10.2 Å². The van der Waals surface area contributed by atoms with Crippen LogP contribution in [0.3, 0.4) is 0 Å². The smallest absolute Gasteiger partial charge is 0.223 e. The van der Waals surface area contributed by atoms with Crippen molar-refractivity contribution in [2.24, 2.45) is 5.92 Å². The van der Waals surface area contributed by atoms with Crippen molar-refractivity contribution in [3.63, 3.8) is 0 Å². The highest BCUT2D eigenvalue weighted by molar-refractivity contribution is 5.77. The monoisotopic (exact) mass is 302 g/mol. The number of rotatable bonds is 4. The summed E-state index contributed by atoms with van der Waals surface area (Å²) in [6.07, 6.45) is 7.83. The summed E-state index contributed by atoms with van der Waals surface area (Å²) in [5, 5.41) is 3.08. The van der Waals surface area contributed by atoms with Crippen LogP contribution in [0.15, 0.2) is 6.07 Å². The van der Waals surface area contributed by atoms with Gasteiger partial charge in [0, 0.05) is 26.1 Å². The molecule has 0 bridgehead atoms. The van der Waals surface area contributed by atoms with Crippen molar-refractivity contribution in [2.75, 3.05) is 18.9 Å². The van der Waals surface area contributed by atoms with Crippen LogP contribution in [0.25, 0.3) is 0 Å². The van der Waals surface area contributed by atoms with Crippen molar-refractivity contribution < 1.29 is 4.79 Å². The number of aromatic nitrogens is 2. The largest absolute Gasteiger partial charge is 0.373 e. The van der Waals surface area contributed by atoms with Crippen LogP contribution < -0.4 is 5.32 Å². The Morgan fingerprint density at radius 1 is 1.27 bits per heavy atom. The lowest BCUT2D eigenvalue weighted by Gasteiger charge is -2.26. The third kappa shape index (κ3) is 3.23. The summed E-state index contributed by atoms with van der Waals surface area (Å²) in [5.41, 5.74) is 0.981. The molecule has 5 nitrogen and oxygen atoms in total. The molecule has 1 aliphatic heterocycles. The maximum absolute atomic E-state index is 12.7. The summed E-state index contributed by atoms with van der Waals surface area (Å²) in [5.74, 6) is 2.51. The van der Waals surface area contributed by atoms with Crippen molar-refractivity contribution in [2.45, 2.75) is 57.9 Å². The number of carbonyl (C=O) groups is 1. The third-order valence-electron chi connectivity index (χ3n) is 4.97. The molecule has 1 amide bonds. The first-order chi connectivity index (χ1) is 10.7. The molecule has 120 valence electrons. The van der Waals surface area contributed by atoms with Gasteiger partial charge in [-0.1, -0.05) is 12.8 Å². The standard InChI is InChI=1S/C17H26N4O/c1-12-19-14(11-16(18-2)20-12)15-8-5-9-21(15)17(22)10-13-6-3-4-7-13/h11,13,15H,3-10H2,1-2H3,(H,18,19,20)/t15-/m1/s1. The number of carbonyl (C=O) groups excluding carboxylic acids is 1. The van der Waals surface area contributed by atoms with E-state index in [1.165, 1.54) is 25.7 Å². The van der Waals surface area contributed by atoms with Crippen LogP contribution in [0.1, 0.15) is 62.5 Å². The van der Waals surface area contributed by atoms with E-state index in [1.54, 1.807) is 0 Å². The number of hydrogen-bond acceptors (Lipinski definition) is 4. The van der Waals surface area contributed by atoms with Crippen LogP contribution >= 0.6 is 0 Å². The van der Waals surface area contributed by atoms with Gasteiger partial charge in [0.05, 0.1) is 11.7 Å². The Kier molecular flexibility index (Phi) is 4.60. The normalized spacial score (nSPS) is 22.3. The predicted molar refractivity (Wildman–Crippen MR) is 86.6 cm³/mol. The van der Waals surface area contributed by atoms with E-state index < -0.39 is 0 Å². The minimum Gasteiger partial charge on any atom is -0.373 e. The van der Waals surface area contributed by atoms with Crippen molar-refractivity contribution in [1.29, 1.82) is 0 Å². The Morgan fingerprint density at radius 3 is 2.77 bits per heavy atom. The van der Waals surface area contributed by atoms with E-state index in [2.05, 4.69) is 20.2 Å². The number of anilines is 1. The van der Waals surface area contributed by atoms with Crippen LogP contribution in [0.2, 0.25) is 0 Å². The van der Waals surface area contributed by atoms with Crippen LogP contribution in [0, 0.1) is 12.8 Å². The molecule has 0 radical (unpaired) electrons. The molecule has 1 aromatic heterocycles. The number of nitrogens with zero attached hydrogens (tertiary/aromatic N) is 3. The molecule has 1 aliphatic carbocycles. The van der Waals surface area contributed by atoms with Gasteiger partial charge >= 0.3 is 0 Å². The first-order valence-electron chi connectivity index (χ1n) is 8.50. The average molecular weight is 302 g/mol. The van der Waals surface area contributed by atoms with Gasteiger partial charge in [-0.15, -0.1) is 0 Å². The van der Waals surface area contributed by atoms with E-state index >= 15 is 0 Å². The van der Waals surface area contributed by atoms with Crippen molar-refractivity contribution in [1.82, 2.24) is 14.9 Å². The second-order valence-electron chi connectivity index (χ2n) is 6.58.